The van der Waals surface area contributed by atoms with Crippen molar-refractivity contribution in [3.05, 3.63) is 62.7 Å². The minimum atomic E-state index is -0.553. The molecule has 9 heteroatoms. The number of halogens is 1. The van der Waals surface area contributed by atoms with Crippen LogP contribution in [0.5, 0.6) is 11.5 Å². The second kappa shape index (κ2) is 8.11. The fourth-order valence-electron chi connectivity index (χ4n) is 2.07. The number of nitrogens with zero attached hydrogens (tertiary/aromatic N) is 2. The van der Waals surface area contributed by atoms with E-state index in [0.717, 1.165) is 0 Å². The van der Waals surface area contributed by atoms with Crippen LogP contribution in [0.3, 0.4) is 0 Å². The third-order valence-electron chi connectivity index (χ3n) is 3.22. The van der Waals surface area contributed by atoms with E-state index in [4.69, 9.17) is 16.3 Å². The first-order chi connectivity index (χ1) is 11.9. The molecule has 0 heterocycles. The Kier molecular flexibility index (Phi) is 5.91. The van der Waals surface area contributed by atoms with Gasteiger partial charge in [-0.15, -0.1) is 0 Å². The summed E-state index contributed by atoms with van der Waals surface area (Å²) in [7, 11) is 1.38. The van der Waals surface area contributed by atoms with Crippen molar-refractivity contribution in [2.75, 3.05) is 7.11 Å². The van der Waals surface area contributed by atoms with E-state index in [-0.39, 0.29) is 34.7 Å². The maximum absolute atomic E-state index is 11.9. The maximum atomic E-state index is 11.9. The molecule has 8 nitrogen and oxygen atoms in total. The van der Waals surface area contributed by atoms with Gasteiger partial charge in [0.05, 0.1) is 24.7 Å². The van der Waals surface area contributed by atoms with Crippen molar-refractivity contribution in [2.24, 2.45) is 5.10 Å². The van der Waals surface area contributed by atoms with E-state index in [9.17, 15) is 20.0 Å². The number of nitrogens with one attached hydrogen (secondary N) is 1. The molecule has 0 aliphatic heterocycles. The highest BCUT2D eigenvalue weighted by Crippen LogP contribution is 2.32. The lowest BCUT2D eigenvalue weighted by atomic mass is 10.1. The zero-order chi connectivity index (χ0) is 18.4. The summed E-state index contributed by atoms with van der Waals surface area (Å²) in [4.78, 5) is 22.3. The number of nitro benzene ring substituents is 1. The van der Waals surface area contributed by atoms with E-state index in [2.05, 4.69) is 10.5 Å². The van der Waals surface area contributed by atoms with Gasteiger partial charge in [0.1, 0.15) is 0 Å². The number of carbonyl (C=O) groups is 1. The van der Waals surface area contributed by atoms with Crippen molar-refractivity contribution in [3.63, 3.8) is 0 Å². The average Bonchev–Trinajstić information content (AvgIpc) is 2.57. The van der Waals surface area contributed by atoms with Gasteiger partial charge in [-0.1, -0.05) is 29.8 Å². The van der Waals surface area contributed by atoms with Crippen LogP contribution in [0.15, 0.2) is 41.5 Å². The number of hydrogen-bond donors (Lipinski definition) is 2. The second-order valence-corrected chi connectivity index (χ2v) is 5.34. The van der Waals surface area contributed by atoms with Crippen LogP contribution in [0.1, 0.15) is 11.1 Å². The number of phenolic OH excluding ortho intramolecular Hbond substituents is 1. The zero-order valence-electron chi connectivity index (χ0n) is 13.1. The van der Waals surface area contributed by atoms with Crippen molar-refractivity contribution >= 4 is 29.4 Å². The van der Waals surface area contributed by atoms with E-state index < -0.39 is 10.8 Å². The molecule has 130 valence electrons. The number of hydrogen-bond acceptors (Lipinski definition) is 6. The molecule has 0 aliphatic carbocycles. The highest BCUT2D eigenvalue weighted by atomic mass is 35.5. The van der Waals surface area contributed by atoms with Crippen molar-refractivity contribution in [1.29, 1.82) is 0 Å². The van der Waals surface area contributed by atoms with Crippen molar-refractivity contribution in [1.82, 2.24) is 5.43 Å². The quantitative estimate of drug-likeness (QED) is 0.465. The number of hydrazone groups is 1. The summed E-state index contributed by atoms with van der Waals surface area (Å²) in [5, 5.41) is 24.9. The minimum absolute atomic E-state index is 0.140. The van der Waals surface area contributed by atoms with Gasteiger partial charge in [-0.05, 0) is 6.07 Å². The summed E-state index contributed by atoms with van der Waals surface area (Å²) in [5.74, 6) is -0.553. The Bertz CT molecular complexity index is 839. The van der Waals surface area contributed by atoms with Gasteiger partial charge in [0.15, 0.2) is 11.5 Å². The number of rotatable bonds is 6. The number of nitro groups is 1. The predicted molar refractivity (Wildman–Crippen MR) is 92.2 cm³/mol. The third kappa shape index (κ3) is 4.67. The summed E-state index contributed by atoms with van der Waals surface area (Å²) < 4.78 is 4.96. The molecule has 0 radical (unpaired) electrons. The molecule has 2 rings (SSSR count). The Balaban J connectivity index is 2.07. The van der Waals surface area contributed by atoms with Crippen LogP contribution < -0.4 is 10.2 Å². The Morgan fingerprint density at radius 3 is 2.84 bits per heavy atom. The molecule has 0 fully saturated rings. The molecule has 1 amide bonds. The van der Waals surface area contributed by atoms with Crippen molar-refractivity contribution < 1.29 is 19.6 Å². The molecule has 0 unspecified atom stereocenters. The smallest absolute Gasteiger partial charge is 0.273 e. The first-order valence-corrected chi connectivity index (χ1v) is 7.41. The van der Waals surface area contributed by atoms with Crippen LogP contribution in [-0.2, 0) is 11.2 Å². The standard InChI is InChI=1S/C16H14ClN3O5/c1-25-14-8-12(17)6-11(16(14)22)9-18-19-15(21)7-10-4-2-3-5-13(10)20(23)24/h2-6,8-9,22H,7H2,1H3,(H,19,21)/b18-9+. The van der Waals surface area contributed by atoms with Gasteiger partial charge in [-0.2, -0.15) is 5.10 Å². The number of ether oxygens (including phenoxy) is 1. The Morgan fingerprint density at radius 1 is 1.44 bits per heavy atom. The Hall–Kier alpha value is -3.13. The van der Waals surface area contributed by atoms with Crippen LogP contribution in [0.2, 0.25) is 5.02 Å². The lowest BCUT2D eigenvalue weighted by Crippen LogP contribution is -2.20. The van der Waals surface area contributed by atoms with Crippen molar-refractivity contribution in [3.8, 4) is 11.5 Å². The van der Waals surface area contributed by atoms with Gasteiger partial charge in [-0.25, -0.2) is 5.43 Å². The fraction of sp³-hybridized carbons (Fsp3) is 0.125. The number of phenols is 1. The molecule has 2 aromatic carbocycles. The molecule has 2 aromatic rings. The van der Waals surface area contributed by atoms with Gasteiger partial charge in [0.25, 0.3) is 5.69 Å². The summed E-state index contributed by atoms with van der Waals surface area (Å²) in [6.07, 6.45) is 0.986. The van der Waals surface area contributed by atoms with Gasteiger partial charge in [0, 0.05) is 28.3 Å². The number of benzene rings is 2. The average molecular weight is 364 g/mol. The summed E-state index contributed by atoms with van der Waals surface area (Å²) in [6.45, 7) is 0. The Morgan fingerprint density at radius 2 is 2.16 bits per heavy atom. The molecule has 0 spiro atoms. The molecule has 25 heavy (non-hydrogen) atoms. The third-order valence-corrected chi connectivity index (χ3v) is 3.44. The first-order valence-electron chi connectivity index (χ1n) is 7.03. The monoisotopic (exact) mass is 363 g/mol. The number of carbonyl (C=O) groups excluding carboxylic acids is 1. The predicted octanol–water partition coefficient (Wildman–Crippen LogP) is 2.66. The molecular weight excluding hydrogens is 350 g/mol. The van der Waals surface area contributed by atoms with Crippen LogP contribution in [0, 0.1) is 10.1 Å². The molecule has 0 saturated heterocycles. The minimum Gasteiger partial charge on any atom is -0.504 e. The lowest BCUT2D eigenvalue weighted by molar-refractivity contribution is -0.385. The summed E-state index contributed by atoms with van der Waals surface area (Å²) >= 11 is 5.89. The van der Waals surface area contributed by atoms with Crippen LogP contribution in [-0.4, -0.2) is 29.3 Å². The van der Waals surface area contributed by atoms with E-state index in [1.165, 1.54) is 43.7 Å². The van der Waals surface area contributed by atoms with Crippen LogP contribution >= 0.6 is 11.6 Å². The number of amides is 1. The summed E-state index contributed by atoms with van der Waals surface area (Å²) in [5.41, 5.74) is 2.62. The molecule has 0 aromatic heterocycles. The first kappa shape index (κ1) is 18.2. The molecule has 0 aliphatic rings. The van der Waals surface area contributed by atoms with Crippen LogP contribution in [0.25, 0.3) is 0 Å². The second-order valence-electron chi connectivity index (χ2n) is 4.90. The molecule has 0 atom stereocenters. The highest BCUT2D eigenvalue weighted by Gasteiger charge is 2.15. The molecule has 0 saturated carbocycles. The largest absolute Gasteiger partial charge is 0.504 e. The van der Waals surface area contributed by atoms with Gasteiger partial charge in [-0.3, -0.25) is 14.9 Å². The van der Waals surface area contributed by atoms with E-state index in [1.54, 1.807) is 6.07 Å². The number of aromatic hydroxyl groups is 1. The number of methoxy groups -OCH3 is 1. The van der Waals surface area contributed by atoms with Gasteiger partial charge >= 0.3 is 0 Å². The molecular formula is C16H14ClN3O5. The SMILES string of the molecule is COc1cc(Cl)cc(/C=N/NC(=O)Cc2ccccc2[N+](=O)[O-])c1O. The van der Waals surface area contributed by atoms with E-state index in [1.807, 2.05) is 0 Å². The zero-order valence-corrected chi connectivity index (χ0v) is 13.9. The fourth-order valence-corrected chi connectivity index (χ4v) is 2.29. The normalized spacial score (nSPS) is 10.6. The molecule has 2 N–H and O–H groups in total. The topological polar surface area (TPSA) is 114 Å². The van der Waals surface area contributed by atoms with Crippen molar-refractivity contribution in [2.45, 2.75) is 6.42 Å². The lowest BCUT2D eigenvalue weighted by Gasteiger charge is -2.06. The maximum Gasteiger partial charge on any atom is 0.273 e. The summed E-state index contributed by atoms with van der Waals surface area (Å²) in [6, 6.07) is 8.82. The van der Waals surface area contributed by atoms with Crippen LogP contribution in [0.4, 0.5) is 5.69 Å². The van der Waals surface area contributed by atoms with Gasteiger partial charge in [0.2, 0.25) is 5.91 Å². The Labute approximate surface area is 147 Å². The molecule has 0 bridgehead atoms. The van der Waals surface area contributed by atoms with E-state index in [0.29, 0.717) is 5.02 Å². The number of para-hydroxylation sites is 1. The van der Waals surface area contributed by atoms with Gasteiger partial charge < -0.3 is 9.84 Å². The highest BCUT2D eigenvalue weighted by molar-refractivity contribution is 6.31. The van der Waals surface area contributed by atoms with E-state index >= 15 is 0 Å².